The maximum atomic E-state index is 6.28. The molecule has 0 unspecified atom stereocenters. The second kappa shape index (κ2) is 7.48. The Morgan fingerprint density at radius 1 is 1.04 bits per heavy atom. The van der Waals surface area contributed by atoms with Gasteiger partial charge in [-0.25, -0.2) is 9.97 Å². The van der Waals surface area contributed by atoms with Gasteiger partial charge in [0.05, 0.1) is 0 Å². The molecule has 0 spiro atoms. The van der Waals surface area contributed by atoms with Crippen LogP contribution in [0.15, 0.2) is 60.9 Å². The fourth-order valence-electron chi connectivity index (χ4n) is 2.39. The number of aromatic nitrogens is 2. The van der Waals surface area contributed by atoms with Gasteiger partial charge in [-0.05, 0) is 52.4 Å². The number of nitrogens with one attached hydrogen (secondary N) is 1. The van der Waals surface area contributed by atoms with Crippen LogP contribution < -0.4 is 16.0 Å². The number of hydrogen-bond donors (Lipinski definition) is 2. The van der Waals surface area contributed by atoms with Crippen LogP contribution in [0.5, 0.6) is 0 Å². The van der Waals surface area contributed by atoms with Crippen molar-refractivity contribution in [3.05, 3.63) is 70.1 Å². The molecule has 6 heteroatoms. The maximum Gasteiger partial charge on any atom is 0.159 e. The maximum absolute atomic E-state index is 6.28. The van der Waals surface area contributed by atoms with E-state index in [1.807, 2.05) is 54.4 Å². The van der Waals surface area contributed by atoms with Crippen molar-refractivity contribution in [1.82, 2.24) is 9.97 Å². The predicted molar refractivity (Wildman–Crippen MR) is 107 cm³/mol. The second-order valence-electron chi connectivity index (χ2n) is 5.43. The molecule has 24 heavy (non-hydrogen) atoms. The molecule has 3 rings (SSSR count). The Labute approximate surface area is 155 Å². The lowest BCUT2D eigenvalue weighted by Crippen LogP contribution is -2.20. The van der Waals surface area contributed by atoms with Gasteiger partial charge in [0.1, 0.15) is 12.0 Å². The summed E-state index contributed by atoms with van der Waals surface area (Å²) in [5, 5.41) is 3.25. The summed E-state index contributed by atoms with van der Waals surface area (Å²) in [5.41, 5.74) is 8.96. The third-order valence-electron chi connectivity index (χ3n) is 3.59. The highest BCUT2D eigenvalue weighted by Gasteiger charge is 2.12. The first-order valence-corrected chi connectivity index (χ1v) is 8.59. The van der Waals surface area contributed by atoms with Crippen LogP contribution in [0.3, 0.4) is 0 Å². The normalized spacial score (nSPS) is 10.4. The van der Waals surface area contributed by atoms with E-state index in [4.69, 9.17) is 5.73 Å². The molecule has 0 saturated carbocycles. The number of halogens is 1. The van der Waals surface area contributed by atoms with Gasteiger partial charge in [-0.15, -0.1) is 0 Å². The van der Waals surface area contributed by atoms with Gasteiger partial charge in [0.15, 0.2) is 11.6 Å². The summed E-state index contributed by atoms with van der Waals surface area (Å²) in [4.78, 5) is 10.6. The summed E-state index contributed by atoms with van der Waals surface area (Å²) in [6.07, 6.45) is 1.53. The standard InChI is InChI=1S/C18H18IN5/c1-24(11-13-5-3-2-4-6-13)18-16(20)17(21-12-22-18)23-15-9-7-14(19)8-10-15/h2-10,12H,11,20H2,1H3,(H,21,22,23). The minimum atomic E-state index is 0.537. The molecule has 1 aromatic heterocycles. The van der Waals surface area contributed by atoms with Crippen molar-refractivity contribution in [1.29, 1.82) is 0 Å². The van der Waals surface area contributed by atoms with Crippen LogP contribution in [0.2, 0.25) is 0 Å². The molecule has 2 aromatic carbocycles. The molecule has 122 valence electrons. The zero-order valence-corrected chi connectivity index (χ0v) is 15.4. The third-order valence-corrected chi connectivity index (χ3v) is 4.31. The molecular formula is C18H18IN5. The summed E-state index contributed by atoms with van der Waals surface area (Å²) in [7, 11) is 1.97. The van der Waals surface area contributed by atoms with E-state index in [0.29, 0.717) is 17.3 Å². The van der Waals surface area contributed by atoms with E-state index in [9.17, 15) is 0 Å². The first-order valence-electron chi connectivity index (χ1n) is 7.51. The molecule has 0 amide bonds. The van der Waals surface area contributed by atoms with E-state index < -0.39 is 0 Å². The van der Waals surface area contributed by atoms with Crippen molar-refractivity contribution in [2.75, 3.05) is 23.0 Å². The van der Waals surface area contributed by atoms with Crippen LogP contribution in [-0.4, -0.2) is 17.0 Å². The summed E-state index contributed by atoms with van der Waals surface area (Å²) in [6.45, 7) is 0.727. The average Bonchev–Trinajstić information content (AvgIpc) is 2.59. The number of nitrogens with zero attached hydrogens (tertiary/aromatic N) is 3. The molecule has 5 nitrogen and oxygen atoms in total. The van der Waals surface area contributed by atoms with E-state index in [-0.39, 0.29) is 0 Å². The number of nitrogen functional groups attached to an aromatic ring is 1. The van der Waals surface area contributed by atoms with Gasteiger partial charge in [0, 0.05) is 22.8 Å². The number of benzene rings is 2. The highest BCUT2D eigenvalue weighted by molar-refractivity contribution is 14.1. The lowest BCUT2D eigenvalue weighted by atomic mass is 10.2. The molecule has 3 aromatic rings. The van der Waals surface area contributed by atoms with Crippen molar-refractivity contribution >= 4 is 45.6 Å². The van der Waals surface area contributed by atoms with Crippen molar-refractivity contribution in [2.45, 2.75) is 6.54 Å². The van der Waals surface area contributed by atoms with E-state index >= 15 is 0 Å². The fraction of sp³-hybridized carbons (Fsp3) is 0.111. The minimum Gasteiger partial charge on any atom is -0.393 e. The minimum absolute atomic E-state index is 0.537. The quantitative estimate of drug-likeness (QED) is 0.597. The molecule has 0 aliphatic carbocycles. The highest BCUT2D eigenvalue weighted by Crippen LogP contribution is 2.28. The Morgan fingerprint density at radius 3 is 2.46 bits per heavy atom. The monoisotopic (exact) mass is 431 g/mol. The average molecular weight is 431 g/mol. The molecule has 0 aliphatic heterocycles. The summed E-state index contributed by atoms with van der Waals surface area (Å²) >= 11 is 2.27. The summed E-state index contributed by atoms with van der Waals surface area (Å²) in [6, 6.07) is 18.3. The predicted octanol–water partition coefficient (Wildman–Crippen LogP) is 4.04. The molecule has 1 heterocycles. The summed E-state index contributed by atoms with van der Waals surface area (Å²) < 4.78 is 1.18. The Hall–Kier alpha value is -2.35. The molecule has 0 radical (unpaired) electrons. The third kappa shape index (κ3) is 3.94. The largest absolute Gasteiger partial charge is 0.393 e. The molecule has 0 aliphatic rings. The smallest absolute Gasteiger partial charge is 0.159 e. The van der Waals surface area contributed by atoms with Crippen LogP contribution in [0.4, 0.5) is 23.0 Å². The molecule has 0 atom stereocenters. The highest BCUT2D eigenvalue weighted by atomic mass is 127. The number of hydrogen-bond acceptors (Lipinski definition) is 5. The Bertz CT molecular complexity index is 805. The van der Waals surface area contributed by atoms with Gasteiger partial charge < -0.3 is 16.0 Å². The van der Waals surface area contributed by atoms with Gasteiger partial charge >= 0.3 is 0 Å². The van der Waals surface area contributed by atoms with Crippen molar-refractivity contribution in [3.63, 3.8) is 0 Å². The van der Waals surface area contributed by atoms with E-state index in [0.717, 1.165) is 12.2 Å². The number of anilines is 4. The van der Waals surface area contributed by atoms with E-state index in [1.54, 1.807) is 0 Å². The second-order valence-corrected chi connectivity index (χ2v) is 6.68. The lowest BCUT2D eigenvalue weighted by molar-refractivity contribution is 0.894. The number of nitrogens with two attached hydrogens (primary N) is 1. The molecule has 0 fully saturated rings. The molecule has 3 N–H and O–H groups in total. The molecule has 0 saturated heterocycles. The van der Waals surface area contributed by atoms with Crippen LogP contribution >= 0.6 is 22.6 Å². The topological polar surface area (TPSA) is 67.1 Å². The Morgan fingerprint density at radius 2 is 1.75 bits per heavy atom. The first kappa shape index (κ1) is 16.5. The Kier molecular flexibility index (Phi) is 5.14. The van der Waals surface area contributed by atoms with Crippen molar-refractivity contribution in [3.8, 4) is 0 Å². The van der Waals surface area contributed by atoms with Gasteiger partial charge in [0.2, 0.25) is 0 Å². The molecular weight excluding hydrogens is 413 g/mol. The Balaban J connectivity index is 1.81. The summed E-state index contributed by atoms with van der Waals surface area (Å²) in [5.74, 6) is 1.32. The fourth-order valence-corrected chi connectivity index (χ4v) is 2.75. The van der Waals surface area contributed by atoms with Gasteiger partial charge in [-0.1, -0.05) is 30.3 Å². The van der Waals surface area contributed by atoms with Crippen LogP contribution in [-0.2, 0) is 6.54 Å². The van der Waals surface area contributed by atoms with Crippen LogP contribution in [0, 0.1) is 3.57 Å². The first-order chi connectivity index (χ1) is 11.6. The zero-order chi connectivity index (χ0) is 16.9. The van der Waals surface area contributed by atoms with Crippen molar-refractivity contribution in [2.24, 2.45) is 0 Å². The number of rotatable bonds is 5. The lowest BCUT2D eigenvalue weighted by Gasteiger charge is -2.21. The van der Waals surface area contributed by atoms with E-state index in [1.165, 1.54) is 15.5 Å². The SMILES string of the molecule is CN(Cc1ccccc1)c1ncnc(Nc2ccc(I)cc2)c1N. The van der Waals surface area contributed by atoms with Crippen LogP contribution in [0.1, 0.15) is 5.56 Å². The van der Waals surface area contributed by atoms with Crippen LogP contribution in [0.25, 0.3) is 0 Å². The van der Waals surface area contributed by atoms with Crippen molar-refractivity contribution < 1.29 is 0 Å². The van der Waals surface area contributed by atoms with Gasteiger partial charge in [-0.2, -0.15) is 0 Å². The molecule has 0 bridgehead atoms. The van der Waals surface area contributed by atoms with Gasteiger partial charge in [0.25, 0.3) is 0 Å². The van der Waals surface area contributed by atoms with E-state index in [2.05, 4.69) is 50.0 Å². The zero-order valence-electron chi connectivity index (χ0n) is 13.3. The van der Waals surface area contributed by atoms with Gasteiger partial charge in [-0.3, -0.25) is 0 Å².